The average molecular weight is 262 g/mol. The summed E-state index contributed by atoms with van der Waals surface area (Å²) in [6.07, 6.45) is 2.68. The van der Waals surface area contributed by atoms with Crippen LogP contribution in [0.4, 0.5) is 0 Å². The standard InChI is InChI=1S/C18H15NO/c20-18-12-7-13-19(16-10-5-2-6-11-16)17(18)14-15-8-3-1-4-9-15/h1-13H,14H2/p+1. The maximum absolute atomic E-state index is 10.2. The average Bonchev–Trinajstić information content (AvgIpc) is 2.51. The number of aromatic hydroxyl groups is 1. The van der Waals surface area contributed by atoms with Crippen molar-refractivity contribution in [2.24, 2.45) is 0 Å². The van der Waals surface area contributed by atoms with Crippen molar-refractivity contribution in [3.05, 3.63) is 90.3 Å². The zero-order chi connectivity index (χ0) is 13.8. The molecule has 3 aromatic rings. The number of para-hydroxylation sites is 1. The third-order valence-corrected chi connectivity index (χ3v) is 3.32. The van der Waals surface area contributed by atoms with E-state index in [1.165, 1.54) is 5.56 Å². The van der Waals surface area contributed by atoms with Gasteiger partial charge < -0.3 is 5.11 Å². The van der Waals surface area contributed by atoms with E-state index >= 15 is 0 Å². The highest BCUT2D eigenvalue weighted by Gasteiger charge is 2.18. The summed E-state index contributed by atoms with van der Waals surface area (Å²) in [5.74, 6) is 0.320. The second-order valence-corrected chi connectivity index (χ2v) is 4.71. The van der Waals surface area contributed by atoms with Gasteiger partial charge >= 0.3 is 0 Å². The highest BCUT2D eigenvalue weighted by atomic mass is 16.3. The molecule has 0 fully saturated rings. The zero-order valence-electron chi connectivity index (χ0n) is 11.1. The third kappa shape index (κ3) is 2.54. The smallest absolute Gasteiger partial charge is 0.233 e. The minimum Gasteiger partial charge on any atom is -0.502 e. The fraction of sp³-hybridized carbons (Fsp3) is 0.0556. The van der Waals surface area contributed by atoms with Crippen LogP contribution in [0, 0.1) is 0 Å². The predicted octanol–water partition coefficient (Wildman–Crippen LogP) is 3.26. The molecule has 0 spiro atoms. The molecule has 0 aliphatic carbocycles. The molecule has 0 radical (unpaired) electrons. The van der Waals surface area contributed by atoms with Crippen LogP contribution >= 0.6 is 0 Å². The Morgan fingerprint density at radius 2 is 1.40 bits per heavy atom. The summed E-state index contributed by atoms with van der Waals surface area (Å²) >= 11 is 0. The van der Waals surface area contributed by atoms with E-state index in [1.807, 2.05) is 65.4 Å². The Hall–Kier alpha value is -2.61. The molecule has 0 aliphatic heterocycles. The van der Waals surface area contributed by atoms with Crippen LogP contribution in [0.15, 0.2) is 79.0 Å². The molecule has 1 heterocycles. The number of rotatable bonds is 3. The van der Waals surface area contributed by atoms with Gasteiger partial charge in [0.25, 0.3) is 0 Å². The fourth-order valence-corrected chi connectivity index (χ4v) is 2.33. The minimum absolute atomic E-state index is 0.320. The first-order valence-electron chi connectivity index (χ1n) is 6.66. The third-order valence-electron chi connectivity index (χ3n) is 3.32. The Morgan fingerprint density at radius 3 is 2.10 bits per heavy atom. The van der Waals surface area contributed by atoms with Crippen molar-refractivity contribution in [3.8, 4) is 11.4 Å². The molecule has 3 rings (SSSR count). The molecule has 2 nitrogen and oxygen atoms in total. The summed E-state index contributed by atoms with van der Waals surface area (Å²) in [6.45, 7) is 0. The minimum atomic E-state index is 0.320. The monoisotopic (exact) mass is 262 g/mol. The van der Waals surface area contributed by atoms with Crippen molar-refractivity contribution in [3.63, 3.8) is 0 Å². The van der Waals surface area contributed by atoms with Gasteiger partial charge in [0.05, 0.1) is 6.42 Å². The van der Waals surface area contributed by atoms with Crippen molar-refractivity contribution in [1.29, 1.82) is 0 Å². The topological polar surface area (TPSA) is 24.1 Å². The number of pyridine rings is 1. The van der Waals surface area contributed by atoms with Gasteiger partial charge in [-0.3, -0.25) is 0 Å². The predicted molar refractivity (Wildman–Crippen MR) is 78.9 cm³/mol. The van der Waals surface area contributed by atoms with E-state index in [4.69, 9.17) is 0 Å². The van der Waals surface area contributed by atoms with Crippen LogP contribution in [-0.2, 0) is 6.42 Å². The first-order valence-corrected chi connectivity index (χ1v) is 6.66. The summed E-state index contributed by atoms with van der Waals surface area (Å²) in [5, 5.41) is 10.2. The van der Waals surface area contributed by atoms with Gasteiger partial charge in [-0.25, -0.2) is 0 Å². The quantitative estimate of drug-likeness (QED) is 0.720. The lowest BCUT2D eigenvalue weighted by Crippen LogP contribution is -2.35. The molecule has 0 aliphatic rings. The van der Waals surface area contributed by atoms with Gasteiger partial charge in [0.1, 0.15) is 0 Å². The largest absolute Gasteiger partial charge is 0.502 e. The molecule has 0 saturated carbocycles. The maximum Gasteiger partial charge on any atom is 0.233 e. The Bertz CT molecular complexity index is 693. The maximum atomic E-state index is 10.2. The number of nitrogens with zero attached hydrogens (tertiary/aromatic N) is 1. The van der Waals surface area contributed by atoms with Crippen molar-refractivity contribution in [2.45, 2.75) is 6.42 Å². The summed E-state index contributed by atoms with van der Waals surface area (Å²) in [7, 11) is 0. The van der Waals surface area contributed by atoms with Gasteiger partial charge in [0, 0.05) is 18.2 Å². The number of aromatic nitrogens is 1. The van der Waals surface area contributed by atoms with Gasteiger partial charge in [-0.2, -0.15) is 4.57 Å². The van der Waals surface area contributed by atoms with Crippen LogP contribution in [0.3, 0.4) is 0 Å². The first-order chi connectivity index (χ1) is 9.84. The summed E-state index contributed by atoms with van der Waals surface area (Å²) in [5.41, 5.74) is 3.12. The second kappa shape index (κ2) is 5.57. The van der Waals surface area contributed by atoms with Crippen LogP contribution in [0.1, 0.15) is 11.3 Å². The fourth-order valence-electron chi connectivity index (χ4n) is 2.33. The Morgan fingerprint density at radius 1 is 0.750 bits per heavy atom. The lowest BCUT2D eigenvalue weighted by molar-refractivity contribution is -0.604. The zero-order valence-corrected chi connectivity index (χ0v) is 11.1. The van der Waals surface area contributed by atoms with E-state index in [-0.39, 0.29) is 0 Å². The van der Waals surface area contributed by atoms with E-state index in [9.17, 15) is 5.11 Å². The summed E-state index contributed by atoms with van der Waals surface area (Å²) in [4.78, 5) is 0. The SMILES string of the molecule is Oc1ccc[n+](-c2ccccc2)c1Cc1ccccc1. The molecule has 2 heteroatoms. The lowest BCUT2D eigenvalue weighted by atomic mass is 10.1. The summed E-state index contributed by atoms with van der Waals surface area (Å²) < 4.78 is 2.03. The van der Waals surface area contributed by atoms with E-state index in [0.29, 0.717) is 12.2 Å². The molecule has 1 aromatic heterocycles. The van der Waals surface area contributed by atoms with Crippen LogP contribution in [0.2, 0.25) is 0 Å². The molecule has 0 bridgehead atoms. The molecule has 0 saturated heterocycles. The van der Waals surface area contributed by atoms with Crippen molar-refractivity contribution >= 4 is 0 Å². The molecule has 20 heavy (non-hydrogen) atoms. The molecule has 0 unspecified atom stereocenters. The lowest BCUT2D eigenvalue weighted by Gasteiger charge is -2.05. The van der Waals surface area contributed by atoms with Crippen molar-refractivity contribution < 1.29 is 9.67 Å². The molecular weight excluding hydrogens is 246 g/mol. The van der Waals surface area contributed by atoms with E-state index in [0.717, 1.165) is 11.4 Å². The molecule has 98 valence electrons. The van der Waals surface area contributed by atoms with E-state index in [2.05, 4.69) is 12.1 Å². The summed E-state index contributed by atoms with van der Waals surface area (Å²) in [6, 6.07) is 23.8. The number of hydrogen-bond acceptors (Lipinski definition) is 1. The van der Waals surface area contributed by atoms with Crippen LogP contribution in [0.25, 0.3) is 5.69 Å². The Kier molecular flexibility index (Phi) is 3.46. The first kappa shape index (κ1) is 12.4. The van der Waals surface area contributed by atoms with Crippen molar-refractivity contribution in [1.82, 2.24) is 0 Å². The molecule has 1 N–H and O–H groups in total. The second-order valence-electron chi connectivity index (χ2n) is 4.71. The van der Waals surface area contributed by atoms with E-state index < -0.39 is 0 Å². The van der Waals surface area contributed by atoms with Gasteiger partial charge in [-0.15, -0.1) is 0 Å². The number of benzene rings is 2. The molecular formula is C18H16NO+. The molecule has 0 amide bonds. The van der Waals surface area contributed by atoms with Crippen LogP contribution in [0.5, 0.6) is 5.75 Å². The van der Waals surface area contributed by atoms with Crippen LogP contribution in [-0.4, -0.2) is 5.11 Å². The van der Waals surface area contributed by atoms with Gasteiger partial charge in [0.15, 0.2) is 11.9 Å². The van der Waals surface area contributed by atoms with Crippen LogP contribution < -0.4 is 4.57 Å². The number of hydrogen-bond donors (Lipinski definition) is 1. The molecule has 2 aromatic carbocycles. The molecule has 0 atom stereocenters. The van der Waals surface area contributed by atoms with Gasteiger partial charge in [0.2, 0.25) is 11.4 Å². The highest BCUT2D eigenvalue weighted by Crippen LogP contribution is 2.17. The van der Waals surface area contributed by atoms with Crippen molar-refractivity contribution in [2.75, 3.05) is 0 Å². The van der Waals surface area contributed by atoms with Gasteiger partial charge in [-0.1, -0.05) is 48.5 Å². The Labute approximate surface area is 118 Å². The van der Waals surface area contributed by atoms with E-state index in [1.54, 1.807) is 6.07 Å². The Balaban J connectivity index is 2.06. The normalized spacial score (nSPS) is 10.4. The highest BCUT2D eigenvalue weighted by molar-refractivity contribution is 5.31. The van der Waals surface area contributed by atoms with Gasteiger partial charge in [-0.05, 0) is 11.6 Å².